The summed E-state index contributed by atoms with van der Waals surface area (Å²) in [5.41, 5.74) is 11.1. The van der Waals surface area contributed by atoms with Crippen LogP contribution in [-0.2, 0) is 6.54 Å². The van der Waals surface area contributed by atoms with Crippen molar-refractivity contribution >= 4 is 0 Å². The van der Waals surface area contributed by atoms with Crippen LogP contribution in [0.3, 0.4) is 0 Å². The third-order valence-corrected chi connectivity index (χ3v) is 3.29. The molecule has 0 spiro atoms. The minimum absolute atomic E-state index is 0.658. The van der Waals surface area contributed by atoms with Crippen LogP contribution in [0.25, 0.3) is 0 Å². The van der Waals surface area contributed by atoms with Crippen molar-refractivity contribution in [3.63, 3.8) is 0 Å². The van der Waals surface area contributed by atoms with E-state index in [0.717, 1.165) is 26.1 Å². The van der Waals surface area contributed by atoms with Gasteiger partial charge in [-0.3, -0.25) is 0 Å². The molecule has 0 bridgehead atoms. The molecule has 0 aliphatic rings. The van der Waals surface area contributed by atoms with Crippen LogP contribution >= 0.6 is 0 Å². The fourth-order valence-electron chi connectivity index (χ4n) is 2.32. The minimum Gasteiger partial charge on any atom is -0.330 e. The average molecular weight is 234 g/mol. The van der Waals surface area contributed by atoms with Crippen molar-refractivity contribution in [3.05, 3.63) is 34.4 Å². The van der Waals surface area contributed by atoms with Crippen molar-refractivity contribution in [3.8, 4) is 0 Å². The van der Waals surface area contributed by atoms with Crippen LogP contribution in [0.5, 0.6) is 0 Å². The summed E-state index contributed by atoms with van der Waals surface area (Å²) < 4.78 is 0. The van der Waals surface area contributed by atoms with Gasteiger partial charge in [-0.25, -0.2) is 0 Å². The van der Waals surface area contributed by atoms with E-state index in [1.807, 2.05) is 0 Å². The van der Waals surface area contributed by atoms with Gasteiger partial charge in [0.25, 0.3) is 0 Å². The van der Waals surface area contributed by atoms with Crippen LogP contribution in [0.4, 0.5) is 0 Å². The smallest absolute Gasteiger partial charge is 0.0210 e. The molecule has 0 aromatic heterocycles. The summed E-state index contributed by atoms with van der Waals surface area (Å²) in [6.07, 6.45) is 1.10. The van der Waals surface area contributed by atoms with E-state index in [1.165, 1.54) is 22.3 Å². The van der Waals surface area contributed by atoms with Crippen LogP contribution < -0.4 is 11.1 Å². The van der Waals surface area contributed by atoms with Crippen molar-refractivity contribution < 1.29 is 0 Å². The number of hydrogen-bond donors (Lipinski definition) is 2. The molecule has 0 aliphatic heterocycles. The average Bonchev–Trinajstić information content (AvgIpc) is 2.22. The summed E-state index contributed by atoms with van der Waals surface area (Å²) in [7, 11) is 0. The highest BCUT2D eigenvalue weighted by molar-refractivity contribution is 5.37. The predicted octanol–water partition coefficient (Wildman–Crippen LogP) is 2.69. The highest BCUT2D eigenvalue weighted by Gasteiger charge is 2.05. The molecule has 2 nitrogen and oxygen atoms in total. The SMILES string of the molecule is Cc1cc(C)c(CNCC(C)CCN)c(C)c1. The molecular formula is C15H26N2. The zero-order chi connectivity index (χ0) is 12.8. The van der Waals surface area contributed by atoms with Crippen molar-refractivity contribution in [2.75, 3.05) is 13.1 Å². The van der Waals surface area contributed by atoms with Crippen molar-refractivity contribution in [2.24, 2.45) is 11.7 Å². The van der Waals surface area contributed by atoms with Crippen LogP contribution in [0.1, 0.15) is 35.6 Å². The van der Waals surface area contributed by atoms with Crippen LogP contribution in [0.2, 0.25) is 0 Å². The summed E-state index contributed by atoms with van der Waals surface area (Å²) in [5, 5.41) is 3.53. The Morgan fingerprint density at radius 1 is 1.18 bits per heavy atom. The second-order valence-electron chi connectivity index (χ2n) is 5.19. The lowest BCUT2D eigenvalue weighted by Gasteiger charge is -2.15. The molecule has 0 saturated heterocycles. The summed E-state index contributed by atoms with van der Waals surface area (Å²) in [5.74, 6) is 0.658. The molecule has 1 atom stereocenters. The first-order valence-electron chi connectivity index (χ1n) is 6.52. The third kappa shape index (κ3) is 4.49. The van der Waals surface area contributed by atoms with E-state index in [1.54, 1.807) is 0 Å². The molecule has 1 unspecified atom stereocenters. The maximum atomic E-state index is 5.55. The van der Waals surface area contributed by atoms with Gasteiger partial charge in [0, 0.05) is 6.54 Å². The second kappa shape index (κ2) is 6.77. The first-order valence-corrected chi connectivity index (χ1v) is 6.52. The van der Waals surface area contributed by atoms with Crippen molar-refractivity contribution in [2.45, 2.75) is 40.7 Å². The van der Waals surface area contributed by atoms with Gasteiger partial charge < -0.3 is 11.1 Å². The number of nitrogens with one attached hydrogen (secondary N) is 1. The quantitative estimate of drug-likeness (QED) is 0.794. The number of benzene rings is 1. The van der Waals surface area contributed by atoms with Gasteiger partial charge >= 0.3 is 0 Å². The molecule has 0 aliphatic carbocycles. The van der Waals surface area contributed by atoms with E-state index in [-0.39, 0.29) is 0 Å². The van der Waals surface area contributed by atoms with Gasteiger partial charge in [-0.1, -0.05) is 24.6 Å². The Bertz CT molecular complexity index is 335. The molecule has 3 N–H and O–H groups in total. The minimum atomic E-state index is 0.658. The fraction of sp³-hybridized carbons (Fsp3) is 0.600. The lowest BCUT2D eigenvalue weighted by molar-refractivity contribution is 0.486. The first kappa shape index (κ1) is 14.2. The number of nitrogens with two attached hydrogens (primary N) is 1. The summed E-state index contributed by atoms with van der Waals surface area (Å²) >= 11 is 0. The van der Waals surface area contributed by atoms with E-state index < -0.39 is 0 Å². The number of aryl methyl sites for hydroxylation is 3. The van der Waals surface area contributed by atoms with E-state index in [2.05, 4.69) is 45.1 Å². The Labute approximate surface area is 106 Å². The Morgan fingerprint density at radius 3 is 2.29 bits per heavy atom. The zero-order valence-electron chi connectivity index (χ0n) is 11.6. The summed E-state index contributed by atoms with van der Waals surface area (Å²) in [6.45, 7) is 11.6. The molecule has 1 aromatic carbocycles. The van der Waals surface area contributed by atoms with Crippen LogP contribution in [0, 0.1) is 26.7 Å². The van der Waals surface area contributed by atoms with Gasteiger partial charge in [0.2, 0.25) is 0 Å². The molecule has 0 saturated carbocycles. The summed E-state index contributed by atoms with van der Waals surface area (Å²) in [4.78, 5) is 0. The van der Waals surface area contributed by atoms with E-state index in [4.69, 9.17) is 5.73 Å². The molecule has 17 heavy (non-hydrogen) atoms. The highest BCUT2D eigenvalue weighted by Crippen LogP contribution is 2.16. The Hall–Kier alpha value is -0.860. The predicted molar refractivity (Wildman–Crippen MR) is 75.2 cm³/mol. The molecule has 2 heteroatoms. The van der Waals surface area contributed by atoms with E-state index in [9.17, 15) is 0 Å². The molecule has 0 fully saturated rings. The van der Waals surface area contributed by atoms with Gasteiger partial charge in [-0.05, 0) is 62.9 Å². The molecule has 0 amide bonds. The number of rotatable bonds is 6. The van der Waals surface area contributed by atoms with Gasteiger partial charge in [-0.2, -0.15) is 0 Å². The number of hydrogen-bond acceptors (Lipinski definition) is 2. The van der Waals surface area contributed by atoms with E-state index in [0.29, 0.717) is 5.92 Å². The Kier molecular flexibility index (Phi) is 5.66. The lowest BCUT2D eigenvalue weighted by atomic mass is 9.99. The maximum Gasteiger partial charge on any atom is 0.0210 e. The van der Waals surface area contributed by atoms with Gasteiger partial charge in [0.15, 0.2) is 0 Å². The topological polar surface area (TPSA) is 38.0 Å². The molecule has 96 valence electrons. The molecule has 1 aromatic rings. The lowest BCUT2D eigenvalue weighted by Crippen LogP contribution is -2.23. The second-order valence-corrected chi connectivity index (χ2v) is 5.19. The normalized spacial score (nSPS) is 12.8. The molecule has 0 radical (unpaired) electrons. The van der Waals surface area contributed by atoms with Gasteiger partial charge in [0.05, 0.1) is 0 Å². The van der Waals surface area contributed by atoms with Crippen molar-refractivity contribution in [1.82, 2.24) is 5.32 Å². The largest absolute Gasteiger partial charge is 0.330 e. The van der Waals surface area contributed by atoms with Gasteiger partial charge in [0.1, 0.15) is 0 Å². The standard InChI is InChI=1S/C15H26N2/c1-11(5-6-16)9-17-10-15-13(3)7-12(2)8-14(15)4/h7-8,11,17H,5-6,9-10,16H2,1-4H3. The highest BCUT2D eigenvalue weighted by atomic mass is 14.9. The maximum absolute atomic E-state index is 5.55. The van der Waals surface area contributed by atoms with Crippen LogP contribution in [0.15, 0.2) is 12.1 Å². The Morgan fingerprint density at radius 2 is 1.76 bits per heavy atom. The molecule has 1 rings (SSSR count). The molecular weight excluding hydrogens is 208 g/mol. The summed E-state index contributed by atoms with van der Waals surface area (Å²) in [6, 6.07) is 4.51. The zero-order valence-corrected chi connectivity index (χ0v) is 11.6. The first-order chi connectivity index (χ1) is 8.04. The Balaban J connectivity index is 2.52. The molecule has 0 heterocycles. The van der Waals surface area contributed by atoms with E-state index >= 15 is 0 Å². The third-order valence-electron chi connectivity index (χ3n) is 3.29. The monoisotopic (exact) mass is 234 g/mol. The van der Waals surface area contributed by atoms with Crippen LogP contribution in [-0.4, -0.2) is 13.1 Å². The fourth-order valence-corrected chi connectivity index (χ4v) is 2.32. The van der Waals surface area contributed by atoms with Crippen molar-refractivity contribution in [1.29, 1.82) is 0 Å². The van der Waals surface area contributed by atoms with Gasteiger partial charge in [-0.15, -0.1) is 0 Å².